The summed E-state index contributed by atoms with van der Waals surface area (Å²) in [5.74, 6) is 0.246. The topological polar surface area (TPSA) is 49.3 Å². The molecule has 4 rings (SSSR count). The van der Waals surface area contributed by atoms with E-state index in [1.807, 2.05) is 6.20 Å². The van der Waals surface area contributed by atoms with Crippen molar-refractivity contribution in [1.82, 2.24) is 19.8 Å². The standard InChI is InChI=1S/C17H20N4OS/c22-17(21-5-1-2-16(21)14-4-7-23-11-14)10-20-6-3-13-8-18-12-19-15(13)9-20/h4,7-8,11-12,16H,1-3,5-6,9-10H2. The summed E-state index contributed by atoms with van der Waals surface area (Å²) in [6.07, 6.45) is 6.60. The normalized spacial score (nSPS) is 21.4. The average Bonchev–Trinajstić information content (AvgIpc) is 3.25. The van der Waals surface area contributed by atoms with Gasteiger partial charge in [0.15, 0.2) is 0 Å². The predicted molar refractivity (Wildman–Crippen MR) is 89.0 cm³/mol. The van der Waals surface area contributed by atoms with E-state index in [0.29, 0.717) is 6.54 Å². The highest BCUT2D eigenvalue weighted by Crippen LogP contribution is 2.33. The monoisotopic (exact) mass is 328 g/mol. The van der Waals surface area contributed by atoms with Gasteiger partial charge in [-0.25, -0.2) is 9.97 Å². The van der Waals surface area contributed by atoms with Crippen molar-refractivity contribution in [2.24, 2.45) is 0 Å². The van der Waals surface area contributed by atoms with E-state index in [4.69, 9.17) is 0 Å². The van der Waals surface area contributed by atoms with Gasteiger partial charge in [0.25, 0.3) is 0 Å². The predicted octanol–water partition coefficient (Wildman–Crippen LogP) is 2.26. The lowest BCUT2D eigenvalue weighted by atomic mass is 10.1. The number of thiophene rings is 1. The number of carbonyl (C=O) groups is 1. The Balaban J connectivity index is 1.42. The molecule has 0 spiro atoms. The first-order chi connectivity index (χ1) is 11.3. The summed E-state index contributed by atoms with van der Waals surface area (Å²) in [4.78, 5) is 25.5. The molecule has 4 heterocycles. The van der Waals surface area contributed by atoms with Crippen LogP contribution in [-0.2, 0) is 17.8 Å². The van der Waals surface area contributed by atoms with Gasteiger partial charge in [-0.15, -0.1) is 0 Å². The van der Waals surface area contributed by atoms with Crippen molar-refractivity contribution >= 4 is 17.2 Å². The van der Waals surface area contributed by atoms with Crippen LogP contribution < -0.4 is 0 Å². The van der Waals surface area contributed by atoms with Crippen LogP contribution in [0.1, 0.15) is 35.7 Å². The maximum atomic E-state index is 12.8. The van der Waals surface area contributed by atoms with Gasteiger partial charge in [-0.05, 0) is 47.2 Å². The van der Waals surface area contributed by atoms with Crippen molar-refractivity contribution < 1.29 is 4.79 Å². The van der Waals surface area contributed by atoms with E-state index in [-0.39, 0.29) is 11.9 Å². The summed E-state index contributed by atoms with van der Waals surface area (Å²) >= 11 is 1.71. The molecule has 0 saturated carbocycles. The second-order valence-electron chi connectivity index (χ2n) is 6.26. The lowest BCUT2D eigenvalue weighted by molar-refractivity contribution is -0.133. The van der Waals surface area contributed by atoms with Crippen LogP contribution in [0.2, 0.25) is 0 Å². The van der Waals surface area contributed by atoms with Crippen LogP contribution in [0.15, 0.2) is 29.4 Å². The minimum Gasteiger partial charge on any atom is -0.335 e. The molecular formula is C17H20N4OS. The van der Waals surface area contributed by atoms with Crippen LogP contribution in [0.4, 0.5) is 0 Å². The fourth-order valence-corrected chi connectivity index (χ4v) is 4.30. The highest BCUT2D eigenvalue weighted by molar-refractivity contribution is 7.07. The van der Waals surface area contributed by atoms with Crippen molar-refractivity contribution in [3.63, 3.8) is 0 Å². The molecule has 5 nitrogen and oxygen atoms in total. The van der Waals surface area contributed by atoms with Crippen LogP contribution in [0.25, 0.3) is 0 Å². The van der Waals surface area contributed by atoms with Gasteiger partial charge in [-0.2, -0.15) is 11.3 Å². The summed E-state index contributed by atoms with van der Waals surface area (Å²) < 4.78 is 0. The SMILES string of the molecule is O=C(CN1CCc2cncnc2C1)N1CCCC1c1ccsc1. The number of aromatic nitrogens is 2. The van der Waals surface area contributed by atoms with Gasteiger partial charge in [-0.1, -0.05) is 0 Å². The van der Waals surface area contributed by atoms with Crippen LogP contribution in [0, 0.1) is 0 Å². The average molecular weight is 328 g/mol. The fourth-order valence-electron chi connectivity index (χ4n) is 3.60. The molecule has 0 aliphatic carbocycles. The molecule has 0 radical (unpaired) electrons. The van der Waals surface area contributed by atoms with E-state index in [1.54, 1.807) is 17.7 Å². The van der Waals surface area contributed by atoms with Gasteiger partial charge in [0.2, 0.25) is 5.91 Å². The lowest BCUT2D eigenvalue weighted by Crippen LogP contribution is -2.42. The summed E-state index contributed by atoms with van der Waals surface area (Å²) in [5, 5.41) is 4.27. The van der Waals surface area contributed by atoms with E-state index in [1.165, 1.54) is 11.1 Å². The molecule has 1 unspecified atom stereocenters. The van der Waals surface area contributed by atoms with Crippen LogP contribution in [0.3, 0.4) is 0 Å². The molecular weight excluding hydrogens is 308 g/mol. The number of fused-ring (bicyclic) bond motifs is 1. The molecule has 2 aromatic heterocycles. The maximum absolute atomic E-state index is 12.8. The van der Waals surface area contributed by atoms with Crippen molar-refractivity contribution in [3.8, 4) is 0 Å². The van der Waals surface area contributed by atoms with Gasteiger partial charge in [0.1, 0.15) is 6.33 Å². The van der Waals surface area contributed by atoms with E-state index in [9.17, 15) is 4.79 Å². The number of likely N-dealkylation sites (tertiary alicyclic amines) is 1. The number of hydrogen-bond donors (Lipinski definition) is 0. The number of amides is 1. The minimum atomic E-state index is 0.246. The van der Waals surface area contributed by atoms with Gasteiger partial charge in [0.05, 0.1) is 18.3 Å². The number of hydrogen-bond acceptors (Lipinski definition) is 5. The highest BCUT2D eigenvalue weighted by Gasteiger charge is 2.31. The number of carbonyl (C=O) groups excluding carboxylic acids is 1. The molecule has 1 amide bonds. The first kappa shape index (κ1) is 14.8. The Hall–Kier alpha value is -1.79. The van der Waals surface area contributed by atoms with Crippen molar-refractivity contribution in [2.45, 2.75) is 31.8 Å². The molecule has 2 aromatic rings. The Morgan fingerprint density at radius 1 is 1.39 bits per heavy atom. The quantitative estimate of drug-likeness (QED) is 0.867. The largest absolute Gasteiger partial charge is 0.335 e. The molecule has 2 aliphatic rings. The molecule has 0 bridgehead atoms. The summed E-state index contributed by atoms with van der Waals surface area (Å²) in [5.41, 5.74) is 3.57. The molecule has 0 aromatic carbocycles. The first-order valence-corrected chi connectivity index (χ1v) is 9.07. The second-order valence-corrected chi connectivity index (χ2v) is 7.04. The number of rotatable bonds is 3. The smallest absolute Gasteiger partial charge is 0.237 e. The van der Waals surface area contributed by atoms with Crippen molar-refractivity contribution in [3.05, 3.63) is 46.2 Å². The van der Waals surface area contributed by atoms with E-state index in [2.05, 4.69) is 36.6 Å². The Morgan fingerprint density at radius 3 is 3.22 bits per heavy atom. The Morgan fingerprint density at radius 2 is 2.35 bits per heavy atom. The van der Waals surface area contributed by atoms with Crippen molar-refractivity contribution in [2.75, 3.05) is 19.6 Å². The zero-order valence-corrected chi connectivity index (χ0v) is 13.8. The highest BCUT2D eigenvalue weighted by atomic mass is 32.1. The molecule has 1 atom stereocenters. The Kier molecular flexibility index (Phi) is 4.10. The zero-order valence-electron chi connectivity index (χ0n) is 13.0. The third kappa shape index (κ3) is 3.01. The Bertz CT molecular complexity index is 688. The van der Waals surface area contributed by atoms with Gasteiger partial charge < -0.3 is 4.90 Å². The molecule has 23 heavy (non-hydrogen) atoms. The molecule has 6 heteroatoms. The van der Waals surface area contributed by atoms with Gasteiger partial charge in [-0.3, -0.25) is 9.69 Å². The number of nitrogens with zero attached hydrogens (tertiary/aromatic N) is 4. The summed E-state index contributed by atoms with van der Waals surface area (Å²) in [7, 11) is 0. The maximum Gasteiger partial charge on any atom is 0.237 e. The molecule has 0 N–H and O–H groups in total. The first-order valence-electron chi connectivity index (χ1n) is 8.13. The van der Waals surface area contributed by atoms with Gasteiger partial charge in [0, 0.05) is 25.8 Å². The van der Waals surface area contributed by atoms with E-state index >= 15 is 0 Å². The lowest BCUT2D eigenvalue weighted by Gasteiger charge is -2.30. The summed E-state index contributed by atoms with van der Waals surface area (Å²) in [6, 6.07) is 2.42. The third-order valence-corrected chi connectivity index (χ3v) is 5.51. The van der Waals surface area contributed by atoms with E-state index in [0.717, 1.165) is 44.6 Å². The fraction of sp³-hybridized carbons (Fsp3) is 0.471. The van der Waals surface area contributed by atoms with E-state index < -0.39 is 0 Å². The minimum absolute atomic E-state index is 0.246. The van der Waals surface area contributed by atoms with Crippen molar-refractivity contribution in [1.29, 1.82) is 0 Å². The van der Waals surface area contributed by atoms with Crippen LogP contribution in [-0.4, -0.2) is 45.3 Å². The summed E-state index contributed by atoms with van der Waals surface area (Å²) in [6.45, 7) is 3.03. The molecule has 120 valence electrons. The Labute approximate surface area is 140 Å². The van der Waals surface area contributed by atoms with Crippen LogP contribution in [0.5, 0.6) is 0 Å². The second kappa shape index (κ2) is 6.37. The molecule has 1 fully saturated rings. The van der Waals surface area contributed by atoms with Crippen LogP contribution >= 0.6 is 11.3 Å². The van der Waals surface area contributed by atoms with Gasteiger partial charge >= 0.3 is 0 Å². The zero-order chi connectivity index (χ0) is 15.6. The molecule has 2 aliphatic heterocycles. The third-order valence-electron chi connectivity index (χ3n) is 4.81. The molecule has 1 saturated heterocycles.